The molecule has 0 radical (unpaired) electrons. The van der Waals surface area contributed by atoms with Crippen molar-refractivity contribution in [2.45, 2.75) is 10.1 Å². The van der Waals surface area contributed by atoms with Crippen LogP contribution >= 0.6 is 11.3 Å². The molecule has 2 aromatic heterocycles. The molecule has 0 bridgehead atoms. The van der Waals surface area contributed by atoms with Crippen molar-refractivity contribution in [3.05, 3.63) is 82.6 Å². The fourth-order valence-corrected chi connectivity index (χ4v) is 4.73. The van der Waals surface area contributed by atoms with Gasteiger partial charge >= 0.3 is 0 Å². The molecule has 3 rings (SSSR count). The molecule has 2 heterocycles. The van der Waals surface area contributed by atoms with Crippen molar-refractivity contribution in [3.8, 4) is 0 Å². The third-order valence-electron chi connectivity index (χ3n) is 3.77. The Morgan fingerprint density at radius 3 is 2.54 bits per heavy atom. The summed E-state index contributed by atoms with van der Waals surface area (Å²) in [6.07, 6.45) is 2.98. The standard InChI is InChI=1S/C18H15FN2O3S2/c19-14-5-7-15(8-6-14)26(23,24)17(13-3-1-9-20-11-13)12-21-18(22)16-4-2-10-25-16/h1-11,17H,12H2,(H,21,22)/t17-/m1/s1. The van der Waals surface area contributed by atoms with Gasteiger partial charge < -0.3 is 5.32 Å². The van der Waals surface area contributed by atoms with E-state index in [1.807, 2.05) is 0 Å². The minimum Gasteiger partial charge on any atom is -0.350 e. The Hall–Kier alpha value is -2.58. The van der Waals surface area contributed by atoms with Gasteiger partial charge in [0.05, 0.1) is 9.77 Å². The lowest BCUT2D eigenvalue weighted by Crippen LogP contribution is -2.31. The van der Waals surface area contributed by atoms with Gasteiger partial charge in [0, 0.05) is 18.9 Å². The zero-order valence-corrected chi connectivity index (χ0v) is 15.1. The Bertz CT molecular complexity index is 973. The first-order valence-electron chi connectivity index (χ1n) is 7.69. The zero-order chi connectivity index (χ0) is 18.6. The predicted molar refractivity (Wildman–Crippen MR) is 97.2 cm³/mol. The van der Waals surface area contributed by atoms with Crippen LogP contribution in [-0.2, 0) is 9.84 Å². The summed E-state index contributed by atoms with van der Waals surface area (Å²) in [4.78, 5) is 16.6. The van der Waals surface area contributed by atoms with E-state index in [-0.39, 0.29) is 17.3 Å². The highest BCUT2D eigenvalue weighted by atomic mass is 32.2. The number of hydrogen-bond donors (Lipinski definition) is 1. The molecule has 0 aliphatic heterocycles. The van der Waals surface area contributed by atoms with Gasteiger partial charge in [0.1, 0.15) is 11.1 Å². The van der Waals surface area contributed by atoms with Crippen LogP contribution in [0.4, 0.5) is 4.39 Å². The number of rotatable bonds is 6. The molecule has 0 spiro atoms. The van der Waals surface area contributed by atoms with E-state index >= 15 is 0 Å². The second-order valence-corrected chi connectivity index (χ2v) is 8.54. The number of nitrogens with one attached hydrogen (secondary N) is 1. The van der Waals surface area contributed by atoms with Crippen LogP contribution in [0, 0.1) is 5.82 Å². The van der Waals surface area contributed by atoms with E-state index in [9.17, 15) is 17.6 Å². The summed E-state index contributed by atoms with van der Waals surface area (Å²) < 4.78 is 39.2. The number of thiophene rings is 1. The summed E-state index contributed by atoms with van der Waals surface area (Å²) in [6.45, 7) is -0.123. The van der Waals surface area contributed by atoms with Gasteiger partial charge in [0.25, 0.3) is 5.91 Å². The van der Waals surface area contributed by atoms with Crippen molar-refractivity contribution < 1.29 is 17.6 Å². The number of sulfone groups is 1. The van der Waals surface area contributed by atoms with E-state index in [4.69, 9.17) is 0 Å². The lowest BCUT2D eigenvalue weighted by atomic mass is 10.2. The molecule has 1 atom stereocenters. The monoisotopic (exact) mass is 390 g/mol. The number of carbonyl (C=O) groups excluding carboxylic acids is 1. The minimum absolute atomic E-state index is 0.0156. The molecule has 0 saturated heterocycles. The third-order valence-corrected chi connectivity index (χ3v) is 6.75. The van der Waals surface area contributed by atoms with Gasteiger partial charge in [0.2, 0.25) is 0 Å². The topological polar surface area (TPSA) is 76.1 Å². The molecule has 5 nitrogen and oxygen atoms in total. The van der Waals surface area contributed by atoms with Gasteiger partial charge in [-0.05, 0) is 47.3 Å². The van der Waals surface area contributed by atoms with E-state index in [1.165, 1.54) is 35.9 Å². The molecule has 0 aliphatic rings. The number of carbonyl (C=O) groups is 1. The maximum Gasteiger partial charge on any atom is 0.261 e. The number of hydrogen-bond acceptors (Lipinski definition) is 5. The Labute approximate surface area is 154 Å². The second kappa shape index (κ2) is 7.76. The van der Waals surface area contributed by atoms with E-state index in [0.29, 0.717) is 10.4 Å². The van der Waals surface area contributed by atoms with Crippen LogP contribution in [0.1, 0.15) is 20.5 Å². The molecule has 0 fully saturated rings. The molecule has 0 aliphatic carbocycles. The van der Waals surface area contributed by atoms with Crippen LogP contribution in [0.2, 0.25) is 0 Å². The summed E-state index contributed by atoms with van der Waals surface area (Å²) >= 11 is 1.27. The molecular weight excluding hydrogens is 375 g/mol. The average Bonchev–Trinajstić information content (AvgIpc) is 3.17. The third kappa shape index (κ3) is 3.97. The summed E-state index contributed by atoms with van der Waals surface area (Å²) in [5.41, 5.74) is 0.448. The van der Waals surface area contributed by atoms with Gasteiger partial charge in [-0.2, -0.15) is 0 Å². The van der Waals surface area contributed by atoms with E-state index < -0.39 is 20.9 Å². The van der Waals surface area contributed by atoms with Crippen molar-refractivity contribution in [3.63, 3.8) is 0 Å². The molecule has 1 amide bonds. The first-order valence-corrected chi connectivity index (χ1v) is 10.1. The van der Waals surface area contributed by atoms with Gasteiger partial charge in [-0.1, -0.05) is 12.1 Å². The van der Waals surface area contributed by atoms with Crippen LogP contribution in [-0.4, -0.2) is 25.9 Å². The number of benzene rings is 1. The first kappa shape index (κ1) is 18.2. The number of pyridine rings is 1. The number of halogens is 1. The smallest absolute Gasteiger partial charge is 0.261 e. The highest BCUT2D eigenvalue weighted by molar-refractivity contribution is 7.91. The highest BCUT2D eigenvalue weighted by Gasteiger charge is 2.30. The number of aromatic nitrogens is 1. The summed E-state index contributed by atoms with van der Waals surface area (Å²) in [7, 11) is -3.85. The fraction of sp³-hybridized carbons (Fsp3) is 0.111. The van der Waals surface area contributed by atoms with E-state index in [1.54, 1.807) is 29.6 Å². The maximum atomic E-state index is 13.1. The zero-order valence-electron chi connectivity index (χ0n) is 13.5. The molecule has 1 N–H and O–H groups in total. The molecule has 0 saturated carbocycles. The predicted octanol–water partition coefficient (Wildman–Crippen LogP) is 3.23. The fourth-order valence-electron chi connectivity index (χ4n) is 2.44. The summed E-state index contributed by atoms with van der Waals surface area (Å²) in [6, 6.07) is 11.3. The second-order valence-electron chi connectivity index (χ2n) is 5.46. The quantitative estimate of drug-likeness (QED) is 0.656. The van der Waals surface area contributed by atoms with Gasteiger partial charge in [-0.25, -0.2) is 12.8 Å². The van der Waals surface area contributed by atoms with E-state index in [2.05, 4.69) is 10.3 Å². The lowest BCUT2D eigenvalue weighted by Gasteiger charge is -2.18. The molecule has 3 aromatic rings. The molecule has 0 unspecified atom stereocenters. The van der Waals surface area contributed by atoms with Crippen LogP contribution < -0.4 is 5.32 Å². The van der Waals surface area contributed by atoms with Crippen LogP contribution in [0.5, 0.6) is 0 Å². The largest absolute Gasteiger partial charge is 0.350 e. The van der Waals surface area contributed by atoms with Crippen molar-refractivity contribution >= 4 is 27.1 Å². The molecule has 8 heteroatoms. The van der Waals surface area contributed by atoms with Crippen molar-refractivity contribution in [1.82, 2.24) is 10.3 Å². The van der Waals surface area contributed by atoms with Crippen LogP contribution in [0.15, 0.2) is 71.2 Å². The van der Waals surface area contributed by atoms with Crippen molar-refractivity contribution in [1.29, 1.82) is 0 Å². The lowest BCUT2D eigenvalue weighted by molar-refractivity contribution is 0.0957. The highest BCUT2D eigenvalue weighted by Crippen LogP contribution is 2.28. The Morgan fingerprint density at radius 2 is 1.92 bits per heavy atom. The molecule has 26 heavy (non-hydrogen) atoms. The van der Waals surface area contributed by atoms with E-state index in [0.717, 1.165) is 12.1 Å². The average molecular weight is 390 g/mol. The molecule has 134 valence electrons. The molecular formula is C18H15FN2O3S2. The van der Waals surface area contributed by atoms with Crippen molar-refractivity contribution in [2.24, 2.45) is 0 Å². The summed E-state index contributed by atoms with van der Waals surface area (Å²) in [5, 5.41) is 3.39. The normalized spacial score (nSPS) is 12.5. The number of nitrogens with zero attached hydrogens (tertiary/aromatic N) is 1. The van der Waals surface area contributed by atoms with Crippen LogP contribution in [0.25, 0.3) is 0 Å². The van der Waals surface area contributed by atoms with Gasteiger partial charge in [0.15, 0.2) is 9.84 Å². The van der Waals surface area contributed by atoms with Crippen molar-refractivity contribution in [2.75, 3.05) is 6.54 Å². The SMILES string of the molecule is O=C(NC[C@H](c1cccnc1)S(=O)(=O)c1ccc(F)cc1)c1cccs1. The minimum atomic E-state index is -3.85. The Balaban J connectivity index is 1.91. The maximum absolute atomic E-state index is 13.1. The van der Waals surface area contributed by atoms with Crippen LogP contribution in [0.3, 0.4) is 0 Å². The first-order chi connectivity index (χ1) is 12.5. The Kier molecular flexibility index (Phi) is 5.43. The Morgan fingerprint density at radius 1 is 1.15 bits per heavy atom. The van der Waals surface area contributed by atoms with Gasteiger partial charge in [-0.3, -0.25) is 9.78 Å². The molecule has 1 aromatic carbocycles. The number of amides is 1. The summed E-state index contributed by atoms with van der Waals surface area (Å²) in [5.74, 6) is -0.865. The van der Waals surface area contributed by atoms with Gasteiger partial charge in [-0.15, -0.1) is 11.3 Å².